The fourth-order valence-corrected chi connectivity index (χ4v) is 1.62. The van der Waals surface area contributed by atoms with Crippen molar-refractivity contribution in [2.75, 3.05) is 6.54 Å². The molecule has 5 heteroatoms. The summed E-state index contributed by atoms with van der Waals surface area (Å²) in [6, 6.07) is 3.75. The van der Waals surface area contributed by atoms with E-state index >= 15 is 0 Å². The van der Waals surface area contributed by atoms with E-state index in [4.69, 9.17) is 10.5 Å². The first-order valence-electron chi connectivity index (χ1n) is 6.45. The molecule has 0 aliphatic heterocycles. The quantitative estimate of drug-likeness (QED) is 0.830. The normalized spacial score (nSPS) is 13.7. The monoisotopic (exact) mass is 268 g/mol. The third kappa shape index (κ3) is 4.52. The van der Waals surface area contributed by atoms with Gasteiger partial charge in [-0.05, 0) is 38.5 Å². The highest BCUT2D eigenvalue weighted by molar-refractivity contribution is 5.80. The van der Waals surface area contributed by atoms with E-state index in [0.29, 0.717) is 17.9 Å². The lowest BCUT2D eigenvalue weighted by Crippen LogP contribution is -2.36. The molecule has 1 amide bonds. The van der Waals surface area contributed by atoms with Gasteiger partial charge in [0.1, 0.15) is 11.6 Å². The van der Waals surface area contributed by atoms with Crippen LogP contribution in [0, 0.1) is 5.82 Å². The molecule has 0 saturated carbocycles. The van der Waals surface area contributed by atoms with Crippen molar-refractivity contribution in [1.82, 2.24) is 5.32 Å². The molecule has 1 rings (SSSR count). The number of halogens is 1. The Hall–Kier alpha value is -1.62. The number of hydrogen-bond acceptors (Lipinski definition) is 3. The molecule has 106 valence electrons. The molecule has 1 aromatic carbocycles. The van der Waals surface area contributed by atoms with Crippen LogP contribution in [0.1, 0.15) is 38.8 Å². The topological polar surface area (TPSA) is 64.3 Å². The maximum Gasteiger partial charge on any atom is 0.260 e. The minimum absolute atomic E-state index is 0.193. The molecule has 0 aliphatic rings. The van der Waals surface area contributed by atoms with Crippen LogP contribution in [0.4, 0.5) is 4.39 Å². The van der Waals surface area contributed by atoms with Gasteiger partial charge in [-0.25, -0.2) is 4.39 Å². The number of rotatable bonds is 6. The molecule has 0 saturated heterocycles. The van der Waals surface area contributed by atoms with E-state index in [1.54, 1.807) is 13.8 Å². The van der Waals surface area contributed by atoms with Gasteiger partial charge in [0, 0.05) is 18.2 Å². The Bertz CT molecular complexity index is 435. The standard InChI is InChI=1S/C14H21FN2O2/c1-4-7-17-14(18)10(3)19-13-6-5-11(15)8-12(13)9(2)16/h5-6,8-10H,4,7,16H2,1-3H3,(H,17,18). The summed E-state index contributed by atoms with van der Waals surface area (Å²) < 4.78 is 18.7. The van der Waals surface area contributed by atoms with E-state index in [0.717, 1.165) is 6.42 Å². The highest BCUT2D eigenvalue weighted by atomic mass is 19.1. The summed E-state index contributed by atoms with van der Waals surface area (Å²) in [5.41, 5.74) is 6.32. The maximum absolute atomic E-state index is 13.2. The van der Waals surface area contributed by atoms with E-state index in [9.17, 15) is 9.18 Å². The molecule has 0 spiro atoms. The summed E-state index contributed by atoms with van der Waals surface area (Å²) in [4.78, 5) is 11.7. The van der Waals surface area contributed by atoms with Crippen molar-refractivity contribution in [3.8, 4) is 5.75 Å². The Morgan fingerprint density at radius 3 is 2.74 bits per heavy atom. The smallest absolute Gasteiger partial charge is 0.260 e. The van der Waals surface area contributed by atoms with Gasteiger partial charge in [0.25, 0.3) is 5.91 Å². The summed E-state index contributed by atoms with van der Waals surface area (Å²) >= 11 is 0. The van der Waals surface area contributed by atoms with Crippen molar-refractivity contribution in [2.24, 2.45) is 5.73 Å². The molecule has 0 heterocycles. The molecule has 2 atom stereocenters. The van der Waals surface area contributed by atoms with Crippen LogP contribution in [0.3, 0.4) is 0 Å². The lowest BCUT2D eigenvalue weighted by atomic mass is 10.1. The fourth-order valence-electron chi connectivity index (χ4n) is 1.62. The van der Waals surface area contributed by atoms with Crippen molar-refractivity contribution in [3.05, 3.63) is 29.6 Å². The Labute approximate surface area is 113 Å². The van der Waals surface area contributed by atoms with E-state index in [1.165, 1.54) is 18.2 Å². The number of carbonyl (C=O) groups is 1. The van der Waals surface area contributed by atoms with Crippen LogP contribution in [0.25, 0.3) is 0 Å². The molecular formula is C14H21FN2O2. The molecule has 0 fully saturated rings. The molecule has 19 heavy (non-hydrogen) atoms. The van der Waals surface area contributed by atoms with E-state index < -0.39 is 6.10 Å². The van der Waals surface area contributed by atoms with Crippen LogP contribution in [-0.4, -0.2) is 18.6 Å². The predicted molar refractivity (Wildman–Crippen MR) is 72.4 cm³/mol. The van der Waals surface area contributed by atoms with Crippen molar-refractivity contribution in [3.63, 3.8) is 0 Å². The van der Waals surface area contributed by atoms with Gasteiger partial charge < -0.3 is 15.8 Å². The predicted octanol–water partition coefficient (Wildman–Crippen LogP) is 2.14. The summed E-state index contributed by atoms with van der Waals surface area (Å²) in [6.45, 7) is 5.97. The van der Waals surface area contributed by atoms with Crippen LogP contribution >= 0.6 is 0 Å². The van der Waals surface area contributed by atoms with Gasteiger partial charge in [0.2, 0.25) is 0 Å². The van der Waals surface area contributed by atoms with Gasteiger partial charge in [-0.1, -0.05) is 6.92 Å². The number of hydrogen-bond donors (Lipinski definition) is 2. The minimum atomic E-state index is -0.644. The van der Waals surface area contributed by atoms with E-state index in [-0.39, 0.29) is 17.8 Å². The number of nitrogens with two attached hydrogens (primary N) is 1. The highest BCUT2D eigenvalue weighted by Gasteiger charge is 2.17. The highest BCUT2D eigenvalue weighted by Crippen LogP contribution is 2.25. The Morgan fingerprint density at radius 2 is 2.16 bits per heavy atom. The number of amides is 1. The van der Waals surface area contributed by atoms with Crippen molar-refractivity contribution < 1.29 is 13.9 Å². The average molecular weight is 268 g/mol. The molecule has 0 radical (unpaired) electrons. The first-order chi connectivity index (χ1) is 8.95. The summed E-state index contributed by atoms with van der Waals surface area (Å²) in [5, 5.41) is 2.74. The summed E-state index contributed by atoms with van der Waals surface area (Å²) in [6.07, 6.45) is 0.217. The zero-order valence-electron chi connectivity index (χ0n) is 11.6. The van der Waals surface area contributed by atoms with Crippen LogP contribution in [0.5, 0.6) is 5.75 Å². The lowest BCUT2D eigenvalue weighted by Gasteiger charge is -2.18. The van der Waals surface area contributed by atoms with Crippen LogP contribution in [-0.2, 0) is 4.79 Å². The van der Waals surface area contributed by atoms with E-state index in [2.05, 4.69) is 5.32 Å². The Morgan fingerprint density at radius 1 is 1.47 bits per heavy atom. The fraction of sp³-hybridized carbons (Fsp3) is 0.500. The molecule has 4 nitrogen and oxygen atoms in total. The summed E-state index contributed by atoms with van der Waals surface area (Å²) in [5.74, 6) is -0.125. The molecule has 0 bridgehead atoms. The maximum atomic E-state index is 13.2. The van der Waals surface area contributed by atoms with Crippen molar-refractivity contribution in [1.29, 1.82) is 0 Å². The van der Waals surface area contributed by atoms with Crippen LogP contribution in [0.15, 0.2) is 18.2 Å². The molecule has 3 N–H and O–H groups in total. The molecule has 0 aromatic heterocycles. The third-order valence-corrected chi connectivity index (χ3v) is 2.68. The minimum Gasteiger partial charge on any atom is -0.481 e. The van der Waals surface area contributed by atoms with Crippen LogP contribution < -0.4 is 15.8 Å². The van der Waals surface area contributed by atoms with Crippen LogP contribution in [0.2, 0.25) is 0 Å². The first-order valence-corrected chi connectivity index (χ1v) is 6.45. The van der Waals surface area contributed by atoms with Crippen molar-refractivity contribution in [2.45, 2.75) is 39.3 Å². The second-order valence-electron chi connectivity index (χ2n) is 4.52. The van der Waals surface area contributed by atoms with Gasteiger partial charge in [-0.15, -0.1) is 0 Å². The Balaban J connectivity index is 2.78. The van der Waals surface area contributed by atoms with Gasteiger partial charge >= 0.3 is 0 Å². The van der Waals surface area contributed by atoms with Gasteiger partial charge in [0.15, 0.2) is 6.10 Å². The SMILES string of the molecule is CCCNC(=O)C(C)Oc1ccc(F)cc1C(C)N. The van der Waals surface area contributed by atoms with Crippen molar-refractivity contribution >= 4 is 5.91 Å². The zero-order valence-corrected chi connectivity index (χ0v) is 11.6. The first kappa shape index (κ1) is 15.4. The van der Waals surface area contributed by atoms with Gasteiger partial charge in [-0.3, -0.25) is 4.79 Å². The van der Waals surface area contributed by atoms with Gasteiger partial charge in [0.05, 0.1) is 0 Å². The third-order valence-electron chi connectivity index (χ3n) is 2.68. The average Bonchev–Trinajstić information content (AvgIpc) is 2.37. The number of benzene rings is 1. The number of ether oxygens (including phenoxy) is 1. The number of nitrogens with one attached hydrogen (secondary N) is 1. The molecule has 1 aromatic rings. The zero-order chi connectivity index (χ0) is 14.4. The Kier molecular flexibility index (Phi) is 5.76. The van der Waals surface area contributed by atoms with E-state index in [1.807, 2.05) is 6.92 Å². The van der Waals surface area contributed by atoms with Gasteiger partial charge in [-0.2, -0.15) is 0 Å². The molecule has 0 aliphatic carbocycles. The largest absolute Gasteiger partial charge is 0.481 e. The number of carbonyl (C=O) groups excluding carboxylic acids is 1. The second kappa shape index (κ2) is 7.09. The second-order valence-corrected chi connectivity index (χ2v) is 4.52. The molecular weight excluding hydrogens is 247 g/mol. The molecule has 2 unspecified atom stereocenters. The lowest BCUT2D eigenvalue weighted by molar-refractivity contribution is -0.127. The summed E-state index contributed by atoms with van der Waals surface area (Å²) in [7, 11) is 0.